The van der Waals surface area contributed by atoms with Crippen LogP contribution in [0.4, 0.5) is 5.69 Å². The zero-order chi connectivity index (χ0) is 23.7. The molecule has 6 rings (SSSR count). The van der Waals surface area contributed by atoms with Crippen LogP contribution in [0.25, 0.3) is 5.65 Å². The molecule has 1 atom stereocenters. The maximum Gasteiger partial charge on any atom is 0.356 e. The Morgan fingerprint density at radius 3 is 2.64 bits per heavy atom. The van der Waals surface area contributed by atoms with Gasteiger partial charge in [0.25, 0.3) is 5.56 Å². The fourth-order valence-electron chi connectivity index (χ4n) is 5.37. The van der Waals surface area contributed by atoms with Crippen LogP contribution in [0.5, 0.6) is 0 Å². The Bertz CT molecular complexity index is 1440. The van der Waals surface area contributed by atoms with Gasteiger partial charge in [-0.05, 0) is 51.3 Å². The van der Waals surface area contributed by atoms with Gasteiger partial charge < -0.3 is 10.4 Å². The van der Waals surface area contributed by atoms with E-state index in [-0.39, 0.29) is 27.2 Å². The summed E-state index contributed by atoms with van der Waals surface area (Å²) in [6, 6.07) is 4.35. The highest BCUT2D eigenvalue weighted by atomic mass is 35.5. The molecule has 33 heavy (non-hydrogen) atoms. The van der Waals surface area contributed by atoms with Gasteiger partial charge in [-0.15, -0.1) is 6.42 Å². The maximum atomic E-state index is 13.3. The molecule has 3 aliphatic rings. The van der Waals surface area contributed by atoms with Crippen LogP contribution in [-0.4, -0.2) is 25.4 Å². The normalized spacial score (nSPS) is 23.8. The number of hydrogen-bond acceptors (Lipinski definition) is 5. The van der Waals surface area contributed by atoms with E-state index in [1.165, 1.54) is 10.5 Å². The number of halogens is 2. The van der Waals surface area contributed by atoms with Gasteiger partial charge in [0.05, 0.1) is 22.4 Å². The van der Waals surface area contributed by atoms with E-state index in [4.69, 9.17) is 34.6 Å². The monoisotopic (exact) mass is 482 g/mol. The lowest BCUT2D eigenvalue weighted by Crippen LogP contribution is -2.64. The Kier molecular flexibility index (Phi) is 4.75. The molecule has 9 heteroatoms. The Labute approximate surface area is 199 Å². The first-order valence-electron chi connectivity index (χ1n) is 10.5. The van der Waals surface area contributed by atoms with Crippen molar-refractivity contribution in [3.05, 3.63) is 67.4 Å². The number of pyridine rings is 2. The van der Waals surface area contributed by atoms with Crippen molar-refractivity contribution >= 4 is 40.5 Å². The molecule has 0 aromatic carbocycles. The van der Waals surface area contributed by atoms with Crippen molar-refractivity contribution in [2.75, 3.05) is 5.32 Å². The number of hydrogen-bond donors (Lipinski definition) is 2. The number of rotatable bonds is 5. The summed E-state index contributed by atoms with van der Waals surface area (Å²) in [6.07, 6.45) is 9.76. The molecule has 0 amide bonds. The molecule has 3 fully saturated rings. The van der Waals surface area contributed by atoms with E-state index in [9.17, 15) is 14.7 Å². The van der Waals surface area contributed by atoms with E-state index in [2.05, 4.69) is 16.2 Å². The highest BCUT2D eigenvalue weighted by Gasteiger charge is 2.69. The number of aromatic carboxylic acids is 1. The van der Waals surface area contributed by atoms with Crippen molar-refractivity contribution < 1.29 is 9.90 Å². The average Bonchev–Trinajstić information content (AvgIpc) is 2.71. The van der Waals surface area contributed by atoms with Crippen LogP contribution in [0.2, 0.25) is 10.2 Å². The highest BCUT2D eigenvalue weighted by molar-refractivity contribution is 6.30. The first-order valence-corrected chi connectivity index (χ1v) is 11.2. The third kappa shape index (κ3) is 3.20. The molecular formula is C24H20Cl2N4O3. The second-order valence-corrected chi connectivity index (χ2v) is 9.96. The molecule has 3 aromatic heterocycles. The van der Waals surface area contributed by atoms with Crippen LogP contribution in [-0.2, 0) is 5.41 Å². The van der Waals surface area contributed by atoms with Gasteiger partial charge in [0, 0.05) is 28.2 Å². The van der Waals surface area contributed by atoms with Crippen molar-refractivity contribution in [3.63, 3.8) is 0 Å². The summed E-state index contributed by atoms with van der Waals surface area (Å²) < 4.78 is 1.45. The molecule has 0 aliphatic heterocycles. The van der Waals surface area contributed by atoms with E-state index in [1.54, 1.807) is 25.3 Å². The summed E-state index contributed by atoms with van der Waals surface area (Å²) in [4.78, 5) is 33.8. The lowest BCUT2D eigenvalue weighted by molar-refractivity contribution is -0.0943. The van der Waals surface area contributed by atoms with Crippen LogP contribution in [0.3, 0.4) is 0 Å². The number of aromatic nitrogens is 3. The number of carbonyl (C=O) groups is 1. The van der Waals surface area contributed by atoms with Crippen molar-refractivity contribution in [2.24, 2.45) is 5.41 Å². The largest absolute Gasteiger partial charge is 0.476 e. The fraction of sp³-hybridized carbons (Fsp3) is 0.333. The van der Waals surface area contributed by atoms with Crippen molar-refractivity contribution in [1.82, 2.24) is 14.4 Å². The Morgan fingerprint density at radius 2 is 2.00 bits per heavy atom. The minimum atomic E-state index is -1.21. The number of fused-ring (bicyclic) bond motifs is 1. The van der Waals surface area contributed by atoms with Gasteiger partial charge >= 0.3 is 5.97 Å². The highest BCUT2D eigenvalue weighted by Crippen LogP contribution is 2.73. The zero-order valence-electron chi connectivity index (χ0n) is 17.9. The van der Waals surface area contributed by atoms with E-state index in [0.717, 1.165) is 25.0 Å². The van der Waals surface area contributed by atoms with Crippen molar-refractivity contribution in [3.8, 4) is 12.3 Å². The van der Waals surface area contributed by atoms with E-state index in [0.29, 0.717) is 27.5 Å². The van der Waals surface area contributed by atoms with Gasteiger partial charge in [-0.2, -0.15) is 0 Å². The average molecular weight is 483 g/mol. The minimum Gasteiger partial charge on any atom is -0.476 e. The van der Waals surface area contributed by atoms with E-state index < -0.39 is 12.0 Å². The second kappa shape index (κ2) is 7.21. The predicted molar refractivity (Wildman–Crippen MR) is 126 cm³/mol. The molecule has 0 saturated heterocycles. The van der Waals surface area contributed by atoms with Gasteiger partial charge in [-0.3, -0.25) is 9.20 Å². The van der Waals surface area contributed by atoms with E-state index in [1.807, 2.05) is 6.92 Å². The van der Waals surface area contributed by atoms with Gasteiger partial charge in [0.2, 0.25) is 0 Å². The van der Waals surface area contributed by atoms with Crippen LogP contribution < -0.4 is 10.9 Å². The van der Waals surface area contributed by atoms with Crippen molar-refractivity contribution in [1.29, 1.82) is 0 Å². The molecule has 0 unspecified atom stereocenters. The molecule has 168 valence electrons. The number of carboxylic acids is 1. The SMILES string of the molecule is C#CC12CC(c3nc4c([C@@H](C)Nc5ccc(Cl)nc5C(=O)O)cc(Cl)cn4c(=O)c3C)(C1)C2. The first-order chi connectivity index (χ1) is 15.6. The Balaban J connectivity index is 1.61. The van der Waals surface area contributed by atoms with Crippen LogP contribution in [0, 0.1) is 24.7 Å². The number of carboxylic acid groups (broad SMARTS) is 1. The molecule has 2 N–H and O–H groups in total. The minimum absolute atomic E-state index is 0.0498. The summed E-state index contributed by atoms with van der Waals surface area (Å²) >= 11 is 12.2. The number of anilines is 1. The fourth-order valence-corrected chi connectivity index (χ4v) is 5.73. The third-order valence-corrected chi connectivity index (χ3v) is 7.30. The maximum absolute atomic E-state index is 13.3. The molecule has 7 nitrogen and oxygen atoms in total. The smallest absolute Gasteiger partial charge is 0.356 e. The molecule has 3 saturated carbocycles. The third-order valence-electron chi connectivity index (χ3n) is 6.89. The van der Waals surface area contributed by atoms with Crippen LogP contribution in [0.1, 0.15) is 59.5 Å². The van der Waals surface area contributed by atoms with Gasteiger partial charge in [-0.1, -0.05) is 29.1 Å². The molecule has 3 heterocycles. The Morgan fingerprint density at radius 1 is 1.30 bits per heavy atom. The van der Waals surface area contributed by atoms with Crippen molar-refractivity contribution in [2.45, 2.75) is 44.6 Å². The van der Waals surface area contributed by atoms with Gasteiger partial charge in [-0.25, -0.2) is 14.8 Å². The lowest BCUT2D eigenvalue weighted by Gasteiger charge is -2.68. The molecule has 3 aliphatic carbocycles. The second-order valence-electron chi connectivity index (χ2n) is 9.13. The zero-order valence-corrected chi connectivity index (χ0v) is 19.5. The Hall–Kier alpha value is -3.08. The molecular weight excluding hydrogens is 463 g/mol. The quantitative estimate of drug-likeness (QED) is 0.406. The van der Waals surface area contributed by atoms with Gasteiger partial charge in [0.15, 0.2) is 5.69 Å². The molecule has 2 bridgehead atoms. The predicted octanol–water partition coefficient (Wildman–Crippen LogP) is 4.63. The first kappa shape index (κ1) is 21.7. The number of nitrogens with zero attached hydrogens (tertiary/aromatic N) is 3. The van der Waals surface area contributed by atoms with E-state index >= 15 is 0 Å². The topological polar surface area (TPSA) is 96.6 Å². The summed E-state index contributed by atoms with van der Waals surface area (Å²) in [5, 5.41) is 13.1. The summed E-state index contributed by atoms with van der Waals surface area (Å²) in [6.45, 7) is 3.63. The molecule has 0 radical (unpaired) electrons. The van der Waals surface area contributed by atoms with Crippen LogP contribution in [0.15, 0.2) is 29.2 Å². The molecule has 3 aromatic rings. The summed E-state index contributed by atoms with van der Waals surface area (Å²) in [7, 11) is 0. The number of terminal acetylenes is 1. The lowest BCUT2D eigenvalue weighted by atomic mass is 9.34. The summed E-state index contributed by atoms with van der Waals surface area (Å²) in [5.41, 5.74) is 2.25. The number of nitrogens with one attached hydrogen (secondary N) is 1. The summed E-state index contributed by atoms with van der Waals surface area (Å²) in [5.74, 6) is 1.68. The van der Waals surface area contributed by atoms with Crippen LogP contribution >= 0.6 is 23.2 Å². The molecule has 0 spiro atoms. The standard InChI is InChI=1S/C24H20Cl2N4O3/c1-4-23-9-24(10-23,11-23)19-12(2)21(31)30-8-14(25)7-15(20(30)29-19)13(3)27-16-5-6-17(26)28-18(16)22(32)33/h1,5-8,13,27H,9-11H2,2-3H3,(H,32,33)/t13-,23?,24?/m1/s1. The van der Waals surface area contributed by atoms with Gasteiger partial charge in [0.1, 0.15) is 10.8 Å².